The van der Waals surface area contributed by atoms with Gasteiger partial charge in [-0.3, -0.25) is 14.4 Å². The Morgan fingerprint density at radius 3 is 2.00 bits per heavy atom. The fraction of sp³-hybridized carbons (Fsp3) is 0.667. The molecule has 0 saturated carbocycles. The van der Waals surface area contributed by atoms with E-state index in [0.29, 0.717) is 0 Å². The van der Waals surface area contributed by atoms with Gasteiger partial charge in [0.1, 0.15) is 6.61 Å². The van der Waals surface area contributed by atoms with Crippen molar-refractivity contribution in [1.82, 2.24) is 0 Å². The molecule has 0 rings (SSSR count). The van der Waals surface area contributed by atoms with Gasteiger partial charge in [-0.25, -0.2) is 0 Å². The molecule has 0 radical (unpaired) electrons. The number of ether oxygens (including phenoxy) is 2. The first-order valence-corrected chi connectivity index (χ1v) is 4.49. The molecule has 14 heavy (non-hydrogen) atoms. The van der Waals surface area contributed by atoms with Crippen molar-refractivity contribution < 1.29 is 23.9 Å². The van der Waals surface area contributed by atoms with Gasteiger partial charge in [-0.2, -0.15) is 0 Å². The molecule has 0 fully saturated rings. The number of hydrogen-bond acceptors (Lipinski definition) is 5. The summed E-state index contributed by atoms with van der Waals surface area (Å²) in [5.74, 6) is -1.61. The fourth-order valence-electron chi connectivity index (χ4n) is 0.600. The van der Waals surface area contributed by atoms with E-state index >= 15 is 0 Å². The highest BCUT2D eigenvalue weighted by Crippen LogP contribution is 1.93. The molecule has 0 aliphatic carbocycles. The highest BCUT2D eigenvalue weighted by Gasteiger charge is 2.09. The van der Waals surface area contributed by atoms with Gasteiger partial charge >= 0.3 is 17.9 Å². The molecule has 0 heterocycles. The van der Waals surface area contributed by atoms with E-state index in [2.05, 4.69) is 9.47 Å². The average molecular weight is 202 g/mol. The summed E-state index contributed by atoms with van der Waals surface area (Å²) < 4.78 is 8.97. The first-order valence-electron chi connectivity index (χ1n) is 4.49. The number of hydrogen-bond donors (Lipinski definition) is 0. The van der Waals surface area contributed by atoms with Gasteiger partial charge in [-0.05, 0) is 0 Å². The second kappa shape index (κ2) is 7.06. The van der Waals surface area contributed by atoms with Crippen molar-refractivity contribution in [2.75, 3.05) is 6.61 Å². The predicted octanol–water partition coefficient (Wildman–Crippen LogP) is 0.809. The van der Waals surface area contributed by atoms with Crippen LogP contribution in [-0.4, -0.2) is 24.5 Å². The van der Waals surface area contributed by atoms with Crippen LogP contribution in [0.3, 0.4) is 0 Å². The van der Waals surface area contributed by atoms with Gasteiger partial charge in [0.05, 0.1) is 6.42 Å². The normalized spacial score (nSPS) is 9.29. The van der Waals surface area contributed by atoms with E-state index in [1.54, 1.807) is 13.8 Å². The molecule has 5 heteroatoms. The maximum Gasteiger partial charge on any atom is 0.316 e. The van der Waals surface area contributed by atoms with E-state index in [0.717, 1.165) is 0 Å². The maximum absolute atomic E-state index is 10.8. The van der Waals surface area contributed by atoms with Crippen molar-refractivity contribution in [2.45, 2.75) is 33.1 Å². The Kier molecular flexibility index (Phi) is 6.36. The molecule has 0 amide bonds. The van der Waals surface area contributed by atoms with Crippen molar-refractivity contribution in [1.29, 1.82) is 0 Å². The van der Waals surface area contributed by atoms with Gasteiger partial charge in [0.2, 0.25) is 0 Å². The Morgan fingerprint density at radius 1 is 0.929 bits per heavy atom. The van der Waals surface area contributed by atoms with E-state index in [-0.39, 0.29) is 31.8 Å². The lowest BCUT2D eigenvalue weighted by atomic mass is 10.4. The Labute approximate surface area is 82.4 Å². The van der Waals surface area contributed by atoms with Crippen LogP contribution in [0.4, 0.5) is 0 Å². The van der Waals surface area contributed by atoms with Crippen molar-refractivity contribution in [3.63, 3.8) is 0 Å². The fourth-order valence-corrected chi connectivity index (χ4v) is 0.600. The minimum atomic E-state index is -0.666. The van der Waals surface area contributed by atoms with E-state index < -0.39 is 11.9 Å². The maximum atomic E-state index is 10.8. The molecule has 0 aromatic rings. The zero-order valence-electron chi connectivity index (χ0n) is 8.37. The summed E-state index contributed by atoms with van der Waals surface area (Å²) in [6.07, 6.45) is 0.334. The lowest BCUT2D eigenvalue weighted by Gasteiger charge is -2.02. The lowest BCUT2D eigenvalue weighted by Crippen LogP contribution is -2.14. The van der Waals surface area contributed by atoms with Gasteiger partial charge in [0.15, 0.2) is 0 Å². The minimum absolute atomic E-state index is 0.0392. The topological polar surface area (TPSA) is 69.7 Å². The predicted molar refractivity (Wildman–Crippen MR) is 47.3 cm³/mol. The monoisotopic (exact) mass is 202 g/mol. The second-order valence-electron chi connectivity index (χ2n) is 2.52. The summed E-state index contributed by atoms with van der Waals surface area (Å²) in [7, 11) is 0. The summed E-state index contributed by atoms with van der Waals surface area (Å²) in [6.45, 7) is 3.20. The number of esters is 3. The second-order valence-corrected chi connectivity index (χ2v) is 2.52. The third kappa shape index (κ3) is 6.16. The average Bonchev–Trinajstić information content (AvgIpc) is 2.17. The molecule has 0 aliphatic rings. The van der Waals surface area contributed by atoms with Crippen molar-refractivity contribution in [3.05, 3.63) is 0 Å². The summed E-state index contributed by atoms with van der Waals surface area (Å²) in [6, 6.07) is 0. The molecule has 5 nitrogen and oxygen atoms in total. The smallest absolute Gasteiger partial charge is 0.316 e. The molecule has 0 aromatic heterocycles. The molecule has 0 aliphatic heterocycles. The van der Waals surface area contributed by atoms with Crippen LogP contribution in [0, 0.1) is 0 Å². The van der Waals surface area contributed by atoms with E-state index in [1.165, 1.54) is 0 Å². The van der Waals surface area contributed by atoms with E-state index in [9.17, 15) is 14.4 Å². The Bertz CT molecular complexity index is 221. The molecule has 80 valence electrons. The Hall–Kier alpha value is -1.39. The van der Waals surface area contributed by atoms with Gasteiger partial charge in [-0.15, -0.1) is 0 Å². The molecule has 0 unspecified atom stereocenters. The van der Waals surface area contributed by atoms with Crippen molar-refractivity contribution in [2.24, 2.45) is 0 Å². The summed E-state index contributed by atoms with van der Waals surface area (Å²) >= 11 is 0. The zero-order chi connectivity index (χ0) is 11.0. The molecule has 0 aromatic carbocycles. The highest BCUT2D eigenvalue weighted by atomic mass is 16.6. The molecule has 0 atom stereocenters. The van der Waals surface area contributed by atoms with Crippen LogP contribution in [0.5, 0.6) is 0 Å². The van der Waals surface area contributed by atoms with Crippen LogP contribution >= 0.6 is 0 Å². The third-order valence-electron chi connectivity index (χ3n) is 1.37. The van der Waals surface area contributed by atoms with Crippen molar-refractivity contribution in [3.8, 4) is 0 Å². The minimum Gasteiger partial charge on any atom is -0.465 e. The molecular weight excluding hydrogens is 188 g/mol. The zero-order valence-corrected chi connectivity index (χ0v) is 8.37. The summed E-state index contributed by atoms with van der Waals surface area (Å²) in [4.78, 5) is 32.1. The Morgan fingerprint density at radius 2 is 1.50 bits per heavy atom. The van der Waals surface area contributed by atoms with Crippen LogP contribution in [0.1, 0.15) is 33.1 Å². The quantitative estimate of drug-likeness (QED) is 0.487. The molecule has 0 N–H and O–H groups in total. The largest absolute Gasteiger partial charge is 0.465 e. The first kappa shape index (κ1) is 12.6. The number of carbonyl (C=O) groups is 3. The van der Waals surface area contributed by atoms with Gasteiger partial charge < -0.3 is 9.47 Å². The highest BCUT2D eigenvalue weighted by molar-refractivity contribution is 5.85. The summed E-state index contributed by atoms with van der Waals surface area (Å²) in [5, 5.41) is 0. The SMILES string of the molecule is CCC(=O)OCCC(=O)OC(=O)CC. The van der Waals surface area contributed by atoms with Gasteiger partial charge in [0, 0.05) is 12.8 Å². The molecule has 0 bridgehead atoms. The third-order valence-corrected chi connectivity index (χ3v) is 1.37. The standard InChI is InChI=1S/C9H14O5/c1-3-7(10)13-6-5-9(12)14-8(11)4-2/h3-6H2,1-2H3. The van der Waals surface area contributed by atoms with Crippen LogP contribution in [0.15, 0.2) is 0 Å². The van der Waals surface area contributed by atoms with Crippen molar-refractivity contribution >= 4 is 17.9 Å². The Balaban J connectivity index is 3.54. The number of carbonyl (C=O) groups excluding carboxylic acids is 3. The molecular formula is C9H14O5. The van der Waals surface area contributed by atoms with Crippen LogP contribution in [-0.2, 0) is 23.9 Å². The van der Waals surface area contributed by atoms with Crippen LogP contribution in [0.2, 0.25) is 0 Å². The van der Waals surface area contributed by atoms with Gasteiger partial charge in [-0.1, -0.05) is 13.8 Å². The van der Waals surface area contributed by atoms with Gasteiger partial charge in [0.25, 0.3) is 0 Å². The van der Waals surface area contributed by atoms with E-state index in [1.807, 2.05) is 0 Å². The molecule has 0 saturated heterocycles. The lowest BCUT2D eigenvalue weighted by molar-refractivity contribution is -0.160. The van der Waals surface area contributed by atoms with Crippen LogP contribution in [0.25, 0.3) is 0 Å². The summed E-state index contributed by atoms with van der Waals surface area (Å²) in [5.41, 5.74) is 0. The number of rotatable bonds is 5. The van der Waals surface area contributed by atoms with E-state index in [4.69, 9.17) is 0 Å². The van der Waals surface area contributed by atoms with Crippen LogP contribution < -0.4 is 0 Å². The first-order chi connectivity index (χ1) is 6.60. The molecule has 0 spiro atoms.